The third kappa shape index (κ3) is 8.50. The molecule has 1 aliphatic rings. The van der Waals surface area contributed by atoms with E-state index in [1.807, 2.05) is 30.3 Å². The van der Waals surface area contributed by atoms with Crippen LogP contribution in [0.1, 0.15) is 56.6 Å². The van der Waals surface area contributed by atoms with Crippen LogP contribution >= 0.6 is 0 Å². The van der Waals surface area contributed by atoms with E-state index < -0.39 is 12.0 Å². The number of likely N-dealkylation sites (tertiary alicyclic amines) is 1. The summed E-state index contributed by atoms with van der Waals surface area (Å²) in [5.74, 6) is -1.33. The first-order chi connectivity index (χ1) is 16.0. The van der Waals surface area contributed by atoms with Gasteiger partial charge in [0.1, 0.15) is 6.10 Å². The summed E-state index contributed by atoms with van der Waals surface area (Å²) in [6.45, 7) is 8.02. The smallest absolute Gasteiger partial charge is 0.306 e. The fraction of sp³-hybridized carbons (Fsp3) is 0.500. The van der Waals surface area contributed by atoms with Crippen molar-refractivity contribution in [1.82, 2.24) is 10.2 Å². The summed E-state index contributed by atoms with van der Waals surface area (Å²) in [7, 11) is 0. The number of unbranched alkanes of at least 4 members (excludes halogenated alkanes) is 1. The zero-order valence-corrected chi connectivity index (χ0v) is 19.3. The van der Waals surface area contributed by atoms with Gasteiger partial charge in [-0.3, -0.25) is 14.4 Å². The van der Waals surface area contributed by atoms with Gasteiger partial charge in [0, 0.05) is 19.4 Å². The van der Waals surface area contributed by atoms with Crippen molar-refractivity contribution >= 4 is 17.8 Å². The Morgan fingerprint density at radius 3 is 2.64 bits per heavy atom. The highest BCUT2D eigenvalue weighted by molar-refractivity contribution is 5.86. The highest BCUT2D eigenvalue weighted by atomic mass is 16.5. The number of carbonyl (C=O) groups excluding carboxylic acids is 3. The lowest BCUT2D eigenvalue weighted by Crippen LogP contribution is -2.41. The van der Waals surface area contributed by atoms with Crippen molar-refractivity contribution in [3.63, 3.8) is 0 Å². The Kier molecular flexibility index (Phi) is 11.4. The van der Waals surface area contributed by atoms with Gasteiger partial charge in [-0.15, -0.1) is 13.2 Å². The fourth-order valence-electron chi connectivity index (χ4n) is 4.01. The number of rotatable bonds is 14. The van der Waals surface area contributed by atoms with Gasteiger partial charge in [0.2, 0.25) is 11.8 Å². The number of benzene rings is 1. The van der Waals surface area contributed by atoms with E-state index in [-0.39, 0.29) is 49.8 Å². The van der Waals surface area contributed by atoms with Crippen LogP contribution in [0.2, 0.25) is 0 Å². The Balaban J connectivity index is 1.99. The largest absolute Gasteiger partial charge is 0.456 e. The van der Waals surface area contributed by atoms with E-state index in [9.17, 15) is 19.5 Å². The molecule has 180 valence electrons. The number of aliphatic hydroxyl groups is 1. The molecule has 0 saturated carbocycles. The van der Waals surface area contributed by atoms with E-state index in [4.69, 9.17) is 4.74 Å². The van der Waals surface area contributed by atoms with Crippen molar-refractivity contribution in [2.75, 3.05) is 19.7 Å². The van der Waals surface area contributed by atoms with Gasteiger partial charge >= 0.3 is 5.97 Å². The maximum atomic E-state index is 12.9. The summed E-state index contributed by atoms with van der Waals surface area (Å²) in [6, 6.07) is 9.09. The molecule has 3 atom stereocenters. The zero-order valence-electron chi connectivity index (χ0n) is 19.3. The molecule has 1 saturated heterocycles. The van der Waals surface area contributed by atoms with Crippen molar-refractivity contribution in [3.05, 3.63) is 61.2 Å². The highest BCUT2D eigenvalue weighted by Gasteiger charge is 2.31. The minimum Gasteiger partial charge on any atom is -0.456 e. The number of allylic oxidation sites excluding steroid dienone is 2. The minimum absolute atomic E-state index is 0.0473. The fourth-order valence-corrected chi connectivity index (χ4v) is 4.01. The number of nitrogens with one attached hydrogen (secondary N) is 1. The second kappa shape index (κ2) is 14.3. The standard InChI is InChI=1S/C26H36N2O5/c1-3-5-7-15-25(31)33-23(20-12-8-6-9-13-20)18-27-26(32)21(11-4-2)17-24(30)28-16-10-14-22(28)19-29/h3-4,6,8-9,12-13,21-23,29H,1-2,5,7,10-11,14-19H2,(H,27,32)/t21-,22+,23-/m1/s1. The number of esters is 1. The molecule has 1 aromatic carbocycles. The van der Waals surface area contributed by atoms with Gasteiger partial charge in [-0.2, -0.15) is 0 Å². The Morgan fingerprint density at radius 2 is 1.97 bits per heavy atom. The average molecular weight is 457 g/mol. The average Bonchev–Trinajstić information content (AvgIpc) is 3.31. The van der Waals surface area contributed by atoms with Crippen LogP contribution in [0.3, 0.4) is 0 Å². The van der Waals surface area contributed by atoms with Crippen LogP contribution in [-0.2, 0) is 19.1 Å². The molecule has 1 fully saturated rings. The number of ether oxygens (including phenoxy) is 1. The van der Waals surface area contributed by atoms with Gasteiger partial charge in [-0.25, -0.2) is 0 Å². The molecule has 2 N–H and O–H groups in total. The predicted molar refractivity (Wildman–Crippen MR) is 127 cm³/mol. The summed E-state index contributed by atoms with van der Waals surface area (Å²) < 4.78 is 5.65. The molecule has 0 aliphatic carbocycles. The van der Waals surface area contributed by atoms with Gasteiger partial charge in [0.25, 0.3) is 0 Å². The van der Waals surface area contributed by atoms with Gasteiger partial charge in [-0.05, 0) is 37.7 Å². The molecule has 1 aliphatic heterocycles. The quantitative estimate of drug-likeness (QED) is 0.254. The van der Waals surface area contributed by atoms with Crippen molar-refractivity contribution in [2.24, 2.45) is 5.92 Å². The number of nitrogens with zero attached hydrogens (tertiary/aromatic N) is 1. The summed E-state index contributed by atoms with van der Waals surface area (Å²) >= 11 is 0. The van der Waals surface area contributed by atoms with Crippen molar-refractivity contribution in [1.29, 1.82) is 0 Å². The lowest BCUT2D eigenvalue weighted by atomic mass is 9.99. The lowest BCUT2D eigenvalue weighted by Gasteiger charge is -2.25. The van der Waals surface area contributed by atoms with Crippen molar-refractivity contribution in [3.8, 4) is 0 Å². The van der Waals surface area contributed by atoms with E-state index in [0.29, 0.717) is 19.4 Å². The molecule has 33 heavy (non-hydrogen) atoms. The molecule has 0 aromatic heterocycles. The van der Waals surface area contributed by atoms with Crippen molar-refractivity contribution in [2.45, 2.75) is 57.1 Å². The van der Waals surface area contributed by atoms with E-state index in [1.54, 1.807) is 17.1 Å². The second-order valence-electron chi connectivity index (χ2n) is 8.31. The van der Waals surface area contributed by atoms with E-state index in [2.05, 4.69) is 18.5 Å². The normalized spacial score (nSPS) is 17.1. The predicted octanol–water partition coefficient (Wildman–Crippen LogP) is 3.31. The monoisotopic (exact) mass is 456 g/mol. The maximum absolute atomic E-state index is 12.9. The molecule has 1 aromatic rings. The Bertz CT molecular complexity index is 795. The third-order valence-corrected chi connectivity index (χ3v) is 5.85. The van der Waals surface area contributed by atoms with Gasteiger partial charge in [-0.1, -0.05) is 42.5 Å². The summed E-state index contributed by atoms with van der Waals surface area (Å²) in [5, 5.41) is 12.3. The van der Waals surface area contributed by atoms with Gasteiger partial charge < -0.3 is 20.1 Å². The minimum atomic E-state index is -0.621. The van der Waals surface area contributed by atoms with Crippen LogP contribution in [0.15, 0.2) is 55.6 Å². The number of hydrogen-bond donors (Lipinski definition) is 2. The van der Waals surface area contributed by atoms with Crippen LogP contribution in [-0.4, -0.2) is 53.5 Å². The molecule has 7 nitrogen and oxygen atoms in total. The van der Waals surface area contributed by atoms with Crippen LogP contribution < -0.4 is 5.32 Å². The number of hydrogen-bond acceptors (Lipinski definition) is 5. The molecular weight excluding hydrogens is 420 g/mol. The number of carbonyl (C=O) groups is 3. The Labute approximate surface area is 196 Å². The van der Waals surface area contributed by atoms with Gasteiger partial charge in [0.05, 0.1) is 25.1 Å². The molecule has 1 heterocycles. The van der Waals surface area contributed by atoms with Crippen molar-refractivity contribution < 1.29 is 24.2 Å². The molecule has 7 heteroatoms. The van der Waals surface area contributed by atoms with E-state index in [1.165, 1.54) is 0 Å². The topological polar surface area (TPSA) is 95.9 Å². The molecule has 0 radical (unpaired) electrons. The number of aliphatic hydroxyl groups excluding tert-OH is 1. The number of amides is 2. The molecule has 2 amide bonds. The first-order valence-corrected chi connectivity index (χ1v) is 11.6. The maximum Gasteiger partial charge on any atom is 0.306 e. The summed E-state index contributed by atoms with van der Waals surface area (Å²) in [6.07, 6.45) is 6.45. The Morgan fingerprint density at radius 1 is 1.21 bits per heavy atom. The van der Waals surface area contributed by atoms with E-state index >= 15 is 0 Å². The molecule has 0 spiro atoms. The second-order valence-corrected chi connectivity index (χ2v) is 8.31. The molecule has 0 unspecified atom stereocenters. The van der Waals surface area contributed by atoms with E-state index in [0.717, 1.165) is 24.8 Å². The highest BCUT2D eigenvalue weighted by Crippen LogP contribution is 2.22. The third-order valence-electron chi connectivity index (χ3n) is 5.85. The summed E-state index contributed by atoms with van der Waals surface area (Å²) in [5.41, 5.74) is 0.786. The molecule has 2 rings (SSSR count). The first-order valence-electron chi connectivity index (χ1n) is 11.6. The lowest BCUT2D eigenvalue weighted by molar-refractivity contribution is -0.150. The zero-order chi connectivity index (χ0) is 24.1. The van der Waals surface area contributed by atoms with Crippen LogP contribution in [0, 0.1) is 5.92 Å². The first kappa shape index (κ1) is 26.3. The molecular formula is C26H36N2O5. The van der Waals surface area contributed by atoms with Crippen LogP contribution in [0.4, 0.5) is 0 Å². The van der Waals surface area contributed by atoms with Crippen LogP contribution in [0.5, 0.6) is 0 Å². The Hall–Kier alpha value is -2.93. The van der Waals surface area contributed by atoms with Gasteiger partial charge in [0.15, 0.2) is 0 Å². The van der Waals surface area contributed by atoms with Crippen LogP contribution in [0.25, 0.3) is 0 Å². The SMILES string of the molecule is C=CCCCC(=O)O[C@H](CNC(=O)[C@H](CC=C)CC(=O)N1CCC[C@H]1CO)c1ccccc1. The summed E-state index contributed by atoms with van der Waals surface area (Å²) in [4.78, 5) is 39.6. The molecule has 0 bridgehead atoms.